The van der Waals surface area contributed by atoms with E-state index >= 15 is 0 Å². The highest BCUT2D eigenvalue weighted by atomic mass is 32.2. The molecule has 40 heteroatoms. The molecule has 34 nitrogen and oxygen atoms in total. The molecule has 0 spiro atoms. The first-order valence-corrected chi connectivity index (χ1v) is 27.3. The van der Waals surface area contributed by atoms with E-state index in [0.717, 1.165) is 48.5 Å². The fraction of sp³-hybridized carbons (Fsp3) is 0. The molecule has 0 bridgehead atoms. The Morgan fingerprint density at radius 2 is 1.10 bits per heavy atom. The van der Waals surface area contributed by atoms with E-state index in [1.54, 1.807) is 0 Å². The van der Waals surface area contributed by atoms with Gasteiger partial charge in [-0.05, 0) is 78.9 Å². The summed E-state index contributed by atoms with van der Waals surface area (Å²) in [6.07, 6.45) is 0. The van der Waals surface area contributed by atoms with Crippen LogP contribution in [0.15, 0.2) is 161 Å². The van der Waals surface area contributed by atoms with Crippen molar-refractivity contribution in [3.8, 4) is 11.5 Å². The van der Waals surface area contributed by atoms with Crippen LogP contribution < -0.4 is 5.73 Å². The Morgan fingerprint density at radius 1 is 0.544 bits per heavy atom. The molecule has 0 saturated carbocycles. The smallest absolute Gasteiger partial charge is 0.338 e. The van der Waals surface area contributed by atoms with Crippen LogP contribution in [0.5, 0.6) is 11.5 Å². The summed E-state index contributed by atoms with van der Waals surface area (Å²) in [6, 6.07) is 13.9. The Balaban J connectivity index is 1.35. The average Bonchev–Trinajstić information content (AvgIpc) is 3.42. The summed E-state index contributed by atoms with van der Waals surface area (Å²) in [5.74, 6) is -4.08. The van der Waals surface area contributed by atoms with E-state index in [9.17, 15) is 82.1 Å². The van der Waals surface area contributed by atoms with Gasteiger partial charge in [0.25, 0.3) is 46.2 Å². The lowest BCUT2D eigenvalue weighted by Crippen LogP contribution is -2.03. The number of hydrogen-bond donors (Lipinski definition) is 10. The van der Waals surface area contributed by atoms with Gasteiger partial charge in [0.1, 0.15) is 48.8 Å². The maximum absolute atomic E-state index is 13.1. The number of nitrogens with two attached hydrogens (primary N) is 1. The number of carboxylic acids is 1. The second kappa shape index (κ2) is 23.0. The lowest BCUT2D eigenvalue weighted by Gasteiger charge is -2.15. The molecule has 0 saturated heterocycles. The molecule has 11 N–H and O–H groups in total. The summed E-state index contributed by atoms with van der Waals surface area (Å²) in [5.41, 5.74) is -0.0785. The zero-order valence-corrected chi connectivity index (χ0v) is 42.8. The quantitative estimate of drug-likeness (QED) is 0.00645. The van der Waals surface area contributed by atoms with E-state index in [4.69, 9.17) is 16.2 Å². The van der Waals surface area contributed by atoms with Crippen molar-refractivity contribution in [2.24, 2.45) is 40.9 Å². The largest absolute Gasteiger partial charge is 0.505 e. The molecule has 79 heavy (non-hydrogen) atoms. The molecule has 7 rings (SSSR count). The third-order valence-electron chi connectivity index (χ3n) is 10.2. The van der Waals surface area contributed by atoms with Crippen LogP contribution >= 0.6 is 24.1 Å². The molecule has 7 aromatic rings. The molecular formula is C39H26N10O24S6. The summed E-state index contributed by atoms with van der Waals surface area (Å²) in [5, 5.41) is 96.4. The highest BCUT2D eigenvalue weighted by Crippen LogP contribution is 2.51. The van der Waals surface area contributed by atoms with Gasteiger partial charge in [-0.3, -0.25) is 28.3 Å². The van der Waals surface area contributed by atoms with Gasteiger partial charge in [0.2, 0.25) is 0 Å². The molecule has 0 aliphatic rings. The lowest BCUT2D eigenvalue weighted by molar-refractivity contribution is -0.432. The van der Waals surface area contributed by atoms with Gasteiger partial charge in [0.05, 0.1) is 71.7 Å². The third kappa shape index (κ3) is 13.1. The van der Waals surface area contributed by atoms with Crippen LogP contribution in [0.4, 0.5) is 56.9 Å². The Kier molecular flexibility index (Phi) is 17.1. The number of benzene rings is 7. The molecule has 0 heterocycles. The minimum absolute atomic E-state index is 0.0273. The number of hydrogen-bond acceptors (Lipinski definition) is 30. The van der Waals surface area contributed by atoms with Crippen molar-refractivity contribution < 1.29 is 106 Å². The van der Waals surface area contributed by atoms with Crippen molar-refractivity contribution in [3.05, 3.63) is 107 Å². The first-order chi connectivity index (χ1) is 37.0. The van der Waals surface area contributed by atoms with Gasteiger partial charge in [-0.1, -0.05) is 10.1 Å². The normalized spacial score (nSPS) is 12.8. The maximum atomic E-state index is 13.1. The molecule has 0 amide bonds. The summed E-state index contributed by atoms with van der Waals surface area (Å²) >= 11 is 0.300. The number of carboxylic acid groups (broad SMARTS) is 1. The minimum Gasteiger partial charge on any atom is -0.505 e. The molecule has 412 valence electrons. The van der Waals surface area contributed by atoms with E-state index < -0.39 is 154 Å². The maximum Gasteiger partial charge on any atom is 0.338 e. The monoisotopic (exact) mass is 1210 g/mol. The number of aromatic carboxylic acids is 1. The van der Waals surface area contributed by atoms with Crippen LogP contribution in [-0.2, 0) is 59.2 Å². The number of nitrogens with zero attached hydrogens (tertiary/aromatic N) is 9. The minimum atomic E-state index is -5.64. The SMILES string of the molecule is Nc1c(N=Nc2ccc3c(O)c(N=Nc4ccc(N=Nc5ccc(S(=O)(=O)O)cc5)cc4SOOO)c(S(=O)(=O)O)cc3c2S(=O)(=O)O)cc(S(=O)(=O)O)c2cc(SOOO)c(N=Nc3ccc([N+](=O)[O-])cc3C(=O)O)c(O)c12. The number of nitrogen functional groups attached to an aromatic ring is 1. The second-order valence-corrected chi connectivity index (χ2v) is 22.0. The van der Waals surface area contributed by atoms with Crippen LogP contribution in [0.3, 0.4) is 0 Å². The molecule has 0 unspecified atom stereocenters. The Hall–Kier alpha value is -8.17. The number of fused-ring (bicyclic) bond motifs is 2. The van der Waals surface area contributed by atoms with Crippen molar-refractivity contribution in [2.45, 2.75) is 29.4 Å². The molecule has 0 fully saturated rings. The number of non-ortho nitro benzene ring substituents is 1. The Labute approximate surface area is 447 Å². The van der Waals surface area contributed by atoms with Crippen LogP contribution in [0.1, 0.15) is 10.4 Å². The third-order valence-corrected chi connectivity index (χ3v) is 15.0. The molecule has 0 atom stereocenters. The van der Waals surface area contributed by atoms with Crippen molar-refractivity contribution in [1.29, 1.82) is 0 Å². The topological polar surface area (TPSA) is 541 Å². The number of anilines is 1. The van der Waals surface area contributed by atoms with E-state index in [2.05, 4.69) is 59.7 Å². The van der Waals surface area contributed by atoms with Crippen LogP contribution in [-0.4, -0.2) is 88.6 Å². The molecular weight excluding hydrogens is 1180 g/mol. The van der Waals surface area contributed by atoms with Gasteiger partial charge in [0.15, 0.2) is 11.5 Å². The predicted molar refractivity (Wildman–Crippen MR) is 266 cm³/mol. The zero-order valence-electron chi connectivity index (χ0n) is 37.9. The van der Waals surface area contributed by atoms with E-state index in [-0.39, 0.29) is 46.0 Å². The van der Waals surface area contributed by atoms with Gasteiger partial charge < -0.3 is 21.1 Å². The van der Waals surface area contributed by atoms with Gasteiger partial charge in [-0.2, -0.15) is 43.9 Å². The zero-order chi connectivity index (χ0) is 57.9. The Bertz CT molecular complexity index is 4280. The van der Waals surface area contributed by atoms with Crippen molar-refractivity contribution >= 4 is 149 Å². The predicted octanol–water partition coefficient (Wildman–Crippen LogP) is 10.1. The van der Waals surface area contributed by atoms with Gasteiger partial charge in [-0.15, -0.1) is 39.4 Å². The molecule has 0 aromatic heterocycles. The van der Waals surface area contributed by atoms with Crippen LogP contribution in [0.2, 0.25) is 0 Å². The number of phenols is 2. The van der Waals surface area contributed by atoms with E-state index in [1.807, 2.05) is 0 Å². The van der Waals surface area contributed by atoms with Crippen molar-refractivity contribution in [2.75, 3.05) is 5.73 Å². The first-order valence-electron chi connectivity index (χ1n) is 20.1. The fourth-order valence-electron chi connectivity index (χ4n) is 6.82. The number of rotatable bonds is 20. The Morgan fingerprint density at radius 3 is 1.70 bits per heavy atom. The fourth-order valence-corrected chi connectivity index (χ4v) is 10.4. The number of aromatic hydroxyl groups is 2. The molecule has 0 radical (unpaired) electrons. The standard InChI is InChI=1S/C39H26N10O24S6/c40-33-27(15-30(77(61,62)63)23-13-29(75-73-71-57)34(37(51)32(23)33)47-43-24-9-4-18(49(54)55)12-22(24)39(52)53)46-45-26-10-7-20-21(38(26)79(67,68)69)14-31(78(64,65)66)35(36(20)50)48-44-25-8-3-17(11-28(25)74-72-70-56)42-41-16-1-5-19(6-2-16)76(58,59)60/h1-15,50-51,56-57H,40H2,(H,52,53)(H,58,59,60)(H,61,62,63)(H,64,65,66)(H,67,68,69). The van der Waals surface area contributed by atoms with Crippen LogP contribution in [0.25, 0.3) is 21.5 Å². The summed E-state index contributed by atoms with van der Waals surface area (Å²) in [4.78, 5) is 17.5. The van der Waals surface area contributed by atoms with Crippen LogP contribution in [0, 0.1) is 10.1 Å². The molecule has 0 aliphatic heterocycles. The van der Waals surface area contributed by atoms with Gasteiger partial charge >= 0.3 is 5.97 Å². The first kappa shape index (κ1) is 58.5. The second-order valence-electron chi connectivity index (χ2n) is 14.9. The van der Waals surface area contributed by atoms with Gasteiger partial charge in [-0.25, -0.2) is 15.3 Å². The van der Waals surface area contributed by atoms with Crippen molar-refractivity contribution in [3.63, 3.8) is 0 Å². The molecule has 7 aromatic carbocycles. The lowest BCUT2D eigenvalue weighted by atomic mass is 10.0. The number of nitro groups is 1. The van der Waals surface area contributed by atoms with Gasteiger partial charge in [0, 0.05) is 28.3 Å². The number of carbonyl (C=O) groups is 1. The summed E-state index contributed by atoms with van der Waals surface area (Å²) in [6.45, 7) is 0. The summed E-state index contributed by atoms with van der Waals surface area (Å²) < 4.78 is 150. The number of azo groups is 4. The average molecular weight is 1210 g/mol. The number of nitro benzene ring substituents is 1. The van der Waals surface area contributed by atoms with E-state index in [1.165, 1.54) is 24.3 Å². The summed E-state index contributed by atoms with van der Waals surface area (Å²) in [7, 11) is -21.1. The highest BCUT2D eigenvalue weighted by Gasteiger charge is 2.30. The highest BCUT2D eigenvalue weighted by molar-refractivity contribution is 7.95. The molecule has 0 aliphatic carbocycles. The number of phenolic OH excluding ortho intramolecular Hbond substituents is 2. The van der Waals surface area contributed by atoms with Crippen molar-refractivity contribution in [1.82, 2.24) is 0 Å². The van der Waals surface area contributed by atoms with E-state index in [0.29, 0.717) is 18.2 Å².